The molecule has 0 saturated heterocycles. The number of aromatic nitrogens is 2. The maximum Gasteiger partial charge on any atom is 0.121 e. The first-order valence-electron chi connectivity index (χ1n) is 6.31. The third kappa shape index (κ3) is 1.86. The molecule has 0 spiro atoms. The van der Waals surface area contributed by atoms with Gasteiger partial charge in [-0.3, -0.25) is 0 Å². The molecule has 0 aromatic carbocycles. The first-order chi connectivity index (χ1) is 7.83. The summed E-state index contributed by atoms with van der Waals surface area (Å²) in [7, 11) is 0. The predicted octanol–water partition coefficient (Wildman–Crippen LogP) is 1.90. The summed E-state index contributed by atoms with van der Waals surface area (Å²) in [5.41, 5.74) is 1.85. The Kier molecular flexibility index (Phi) is 2.67. The van der Waals surface area contributed by atoms with Crippen molar-refractivity contribution < 1.29 is 4.63 Å². The number of hydrogen-bond donors (Lipinski definition) is 1. The maximum atomic E-state index is 4.68. The van der Waals surface area contributed by atoms with Crippen molar-refractivity contribution in [1.29, 1.82) is 0 Å². The highest BCUT2D eigenvalue weighted by Gasteiger charge is 2.38. The normalized spacial score (nSPS) is 32.4. The van der Waals surface area contributed by atoms with Crippen molar-refractivity contribution in [1.82, 2.24) is 15.6 Å². The van der Waals surface area contributed by atoms with Crippen LogP contribution in [0.25, 0.3) is 0 Å². The van der Waals surface area contributed by atoms with Crippen LogP contribution < -0.4 is 5.32 Å². The summed E-state index contributed by atoms with van der Waals surface area (Å²) in [6.07, 6.45) is 5.86. The molecule has 1 N–H and O–H groups in total. The number of rotatable bonds is 4. The molecule has 3 rings (SSSR count). The molecule has 16 heavy (non-hydrogen) atoms. The quantitative estimate of drug-likeness (QED) is 0.843. The molecule has 4 nitrogen and oxygen atoms in total. The van der Waals surface area contributed by atoms with Crippen molar-refractivity contribution in [3.8, 4) is 0 Å². The van der Waals surface area contributed by atoms with Crippen LogP contribution in [0.1, 0.15) is 37.1 Å². The summed E-state index contributed by atoms with van der Waals surface area (Å²) in [5, 5.41) is 11.2. The fourth-order valence-electron chi connectivity index (χ4n) is 3.41. The molecular formula is C12H19N3O. The van der Waals surface area contributed by atoms with Gasteiger partial charge >= 0.3 is 0 Å². The summed E-state index contributed by atoms with van der Waals surface area (Å²) in [5.74, 6) is 2.93. The van der Waals surface area contributed by atoms with Gasteiger partial charge in [0.1, 0.15) is 11.4 Å². The van der Waals surface area contributed by atoms with Gasteiger partial charge < -0.3 is 5.32 Å². The lowest BCUT2D eigenvalue weighted by atomic mass is 9.89. The van der Waals surface area contributed by atoms with Crippen LogP contribution in [0.15, 0.2) is 4.63 Å². The van der Waals surface area contributed by atoms with Crippen molar-refractivity contribution in [2.24, 2.45) is 17.8 Å². The highest BCUT2D eigenvalue weighted by molar-refractivity contribution is 5.04. The smallest absolute Gasteiger partial charge is 0.121 e. The Bertz CT molecular complexity index is 363. The van der Waals surface area contributed by atoms with Crippen molar-refractivity contribution in [2.45, 2.75) is 39.2 Å². The maximum absolute atomic E-state index is 4.68. The Labute approximate surface area is 95.8 Å². The molecule has 4 heteroatoms. The molecular weight excluding hydrogens is 202 g/mol. The van der Waals surface area contributed by atoms with E-state index in [1.54, 1.807) is 0 Å². The van der Waals surface area contributed by atoms with E-state index in [0.717, 1.165) is 42.2 Å². The molecule has 1 aromatic heterocycles. The van der Waals surface area contributed by atoms with Crippen molar-refractivity contribution in [3.05, 3.63) is 11.4 Å². The lowest BCUT2D eigenvalue weighted by Gasteiger charge is -2.21. The third-order valence-corrected chi connectivity index (χ3v) is 4.33. The zero-order valence-electron chi connectivity index (χ0n) is 9.78. The lowest BCUT2D eigenvalue weighted by Crippen LogP contribution is -2.26. The van der Waals surface area contributed by atoms with Gasteiger partial charge in [-0.15, -0.1) is 0 Å². The van der Waals surface area contributed by atoms with Crippen LogP contribution in [0, 0.1) is 24.7 Å². The van der Waals surface area contributed by atoms with Gasteiger partial charge in [-0.05, 0) is 50.5 Å². The monoisotopic (exact) mass is 221 g/mol. The van der Waals surface area contributed by atoms with Crippen LogP contribution in [-0.2, 0) is 6.54 Å². The lowest BCUT2D eigenvalue weighted by molar-refractivity contribution is 0.296. The predicted molar refractivity (Wildman–Crippen MR) is 59.7 cm³/mol. The topological polar surface area (TPSA) is 51.0 Å². The molecule has 2 bridgehead atoms. The van der Waals surface area contributed by atoms with E-state index in [1.165, 1.54) is 25.7 Å². The van der Waals surface area contributed by atoms with Gasteiger partial charge in [0.2, 0.25) is 0 Å². The van der Waals surface area contributed by atoms with Crippen LogP contribution in [0.5, 0.6) is 0 Å². The summed E-state index contributed by atoms with van der Waals surface area (Å²) in [6, 6.07) is 0. The minimum Gasteiger partial charge on any atom is -0.311 e. The summed E-state index contributed by atoms with van der Waals surface area (Å²) in [4.78, 5) is 0. The summed E-state index contributed by atoms with van der Waals surface area (Å²) < 4.78 is 4.68. The number of nitrogens with one attached hydrogen (secondary N) is 1. The molecule has 0 amide bonds. The summed E-state index contributed by atoms with van der Waals surface area (Å²) >= 11 is 0. The number of nitrogens with zero attached hydrogens (tertiary/aromatic N) is 2. The Hall–Kier alpha value is -0.900. The van der Waals surface area contributed by atoms with Gasteiger partial charge in [-0.2, -0.15) is 0 Å². The van der Waals surface area contributed by atoms with Crippen LogP contribution in [0.3, 0.4) is 0 Å². The van der Waals surface area contributed by atoms with Crippen molar-refractivity contribution in [2.75, 3.05) is 6.54 Å². The van der Waals surface area contributed by atoms with Crippen LogP contribution in [0.2, 0.25) is 0 Å². The second kappa shape index (κ2) is 4.17. The van der Waals surface area contributed by atoms with E-state index in [9.17, 15) is 0 Å². The molecule has 88 valence electrons. The largest absolute Gasteiger partial charge is 0.311 e. The Morgan fingerprint density at radius 2 is 2.25 bits per heavy atom. The second-order valence-corrected chi connectivity index (χ2v) is 5.36. The molecule has 1 heterocycles. The van der Waals surface area contributed by atoms with Crippen LogP contribution in [-0.4, -0.2) is 16.9 Å². The average molecular weight is 221 g/mol. The molecule has 2 saturated carbocycles. The molecule has 0 aliphatic heterocycles. The molecule has 2 aliphatic rings. The Morgan fingerprint density at radius 3 is 2.88 bits per heavy atom. The fraction of sp³-hybridized carbons (Fsp3) is 0.833. The van der Waals surface area contributed by atoms with Gasteiger partial charge in [-0.1, -0.05) is 16.7 Å². The van der Waals surface area contributed by atoms with Gasteiger partial charge in [0, 0.05) is 6.54 Å². The number of fused-ring (bicyclic) bond motifs is 2. The SMILES string of the molecule is Cc1nonc1CNCC1CC2CCC1C2. The zero-order valence-corrected chi connectivity index (χ0v) is 9.78. The van der Waals surface area contributed by atoms with Crippen LogP contribution >= 0.6 is 0 Å². The van der Waals surface area contributed by atoms with E-state index < -0.39 is 0 Å². The van der Waals surface area contributed by atoms with E-state index in [-0.39, 0.29) is 0 Å². The zero-order chi connectivity index (χ0) is 11.0. The van der Waals surface area contributed by atoms with Crippen molar-refractivity contribution >= 4 is 0 Å². The van der Waals surface area contributed by atoms with E-state index in [0.29, 0.717) is 0 Å². The average Bonchev–Trinajstić information content (AvgIpc) is 2.96. The standard InChI is InChI=1S/C12H19N3O/c1-8-12(15-16-14-8)7-13-6-11-5-9-2-3-10(11)4-9/h9-11,13H,2-7H2,1H3. The minimum atomic E-state index is 0.795. The molecule has 1 aromatic rings. The first-order valence-corrected chi connectivity index (χ1v) is 6.31. The highest BCUT2D eigenvalue weighted by Crippen LogP contribution is 2.47. The minimum absolute atomic E-state index is 0.795. The van der Waals surface area contributed by atoms with E-state index in [4.69, 9.17) is 0 Å². The van der Waals surface area contributed by atoms with Gasteiger partial charge in [0.05, 0.1) is 0 Å². The molecule has 2 aliphatic carbocycles. The highest BCUT2D eigenvalue weighted by atomic mass is 16.6. The van der Waals surface area contributed by atoms with E-state index in [1.807, 2.05) is 6.92 Å². The molecule has 3 atom stereocenters. The molecule has 2 fully saturated rings. The number of aryl methyl sites for hydroxylation is 1. The van der Waals surface area contributed by atoms with E-state index >= 15 is 0 Å². The first kappa shape index (κ1) is 10.3. The van der Waals surface area contributed by atoms with Gasteiger partial charge in [-0.25, -0.2) is 4.63 Å². The Morgan fingerprint density at radius 1 is 1.31 bits per heavy atom. The molecule has 3 unspecified atom stereocenters. The Balaban J connectivity index is 1.46. The summed E-state index contributed by atoms with van der Waals surface area (Å²) in [6.45, 7) is 3.86. The third-order valence-electron chi connectivity index (χ3n) is 4.33. The van der Waals surface area contributed by atoms with E-state index in [2.05, 4.69) is 20.3 Å². The fourth-order valence-corrected chi connectivity index (χ4v) is 3.41. The number of hydrogen-bond acceptors (Lipinski definition) is 4. The molecule has 0 radical (unpaired) electrons. The van der Waals surface area contributed by atoms with Crippen LogP contribution in [0.4, 0.5) is 0 Å². The van der Waals surface area contributed by atoms with Gasteiger partial charge in [0.25, 0.3) is 0 Å². The van der Waals surface area contributed by atoms with Crippen molar-refractivity contribution in [3.63, 3.8) is 0 Å². The van der Waals surface area contributed by atoms with Gasteiger partial charge in [0.15, 0.2) is 0 Å². The second-order valence-electron chi connectivity index (χ2n) is 5.36.